The third-order valence-electron chi connectivity index (χ3n) is 4.54. The molecule has 0 fully saturated rings. The molecule has 0 unspecified atom stereocenters. The van der Waals surface area contributed by atoms with Gasteiger partial charge in [-0.05, 0) is 49.7 Å². The molecule has 0 spiro atoms. The van der Waals surface area contributed by atoms with Gasteiger partial charge in [0.25, 0.3) is 5.56 Å². The van der Waals surface area contributed by atoms with Gasteiger partial charge in [-0.1, -0.05) is 30.7 Å². The summed E-state index contributed by atoms with van der Waals surface area (Å²) >= 11 is 5.85. The molecule has 140 valence electrons. The van der Waals surface area contributed by atoms with E-state index in [0.717, 1.165) is 0 Å². The monoisotopic (exact) mass is 385 g/mol. The van der Waals surface area contributed by atoms with Crippen molar-refractivity contribution in [3.8, 4) is 0 Å². The molecule has 3 aromatic rings. The standard InChI is InChI=1S/C20H20ClN3O3/c1-3-13(2)24-19(26)16-6-4-5-7-17(16)23(20(24)27)12-18(25)22-15-10-8-14(21)9-11-15/h4-11,13H,3,12H2,1-2H3,(H,22,25)/t13-/m0/s1. The molecular weight excluding hydrogens is 366 g/mol. The molecule has 1 N–H and O–H groups in total. The number of nitrogens with one attached hydrogen (secondary N) is 1. The van der Waals surface area contributed by atoms with E-state index in [1.54, 1.807) is 48.5 Å². The zero-order valence-electron chi connectivity index (χ0n) is 15.1. The van der Waals surface area contributed by atoms with Crippen LogP contribution in [0.15, 0.2) is 58.1 Å². The van der Waals surface area contributed by atoms with Gasteiger partial charge in [0.1, 0.15) is 6.54 Å². The molecule has 1 atom stereocenters. The Kier molecular flexibility index (Phi) is 5.46. The van der Waals surface area contributed by atoms with Crippen LogP contribution >= 0.6 is 11.6 Å². The molecule has 0 saturated carbocycles. The summed E-state index contributed by atoms with van der Waals surface area (Å²) in [5, 5.41) is 3.72. The highest BCUT2D eigenvalue weighted by atomic mass is 35.5. The number of para-hydroxylation sites is 1. The highest BCUT2D eigenvalue weighted by Crippen LogP contribution is 2.14. The molecular formula is C20H20ClN3O3. The van der Waals surface area contributed by atoms with Crippen molar-refractivity contribution < 1.29 is 4.79 Å². The smallest absolute Gasteiger partial charge is 0.325 e. The number of amides is 1. The molecule has 1 aromatic heterocycles. The molecule has 0 aliphatic heterocycles. The summed E-state index contributed by atoms with van der Waals surface area (Å²) in [7, 11) is 0. The molecule has 27 heavy (non-hydrogen) atoms. The van der Waals surface area contributed by atoms with Gasteiger partial charge in [-0.3, -0.25) is 18.7 Å². The Morgan fingerprint density at radius 1 is 1.11 bits per heavy atom. The second kappa shape index (κ2) is 7.80. The summed E-state index contributed by atoms with van der Waals surface area (Å²) in [6.45, 7) is 3.53. The lowest BCUT2D eigenvalue weighted by Crippen LogP contribution is -2.43. The number of nitrogens with zero attached hydrogens (tertiary/aromatic N) is 2. The quantitative estimate of drug-likeness (QED) is 0.731. The number of aromatic nitrogens is 2. The minimum Gasteiger partial charge on any atom is -0.325 e. The van der Waals surface area contributed by atoms with Crippen LogP contribution in [-0.4, -0.2) is 15.0 Å². The van der Waals surface area contributed by atoms with Crippen molar-refractivity contribution in [2.75, 3.05) is 5.32 Å². The molecule has 0 bridgehead atoms. The third kappa shape index (κ3) is 3.80. The van der Waals surface area contributed by atoms with E-state index >= 15 is 0 Å². The number of hydrogen-bond donors (Lipinski definition) is 1. The Morgan fingerprint density at radius 3 is 2.44 bits per heavy atom. The molecule has 0 aliphatic rings. The van der Waals surface area contributed by atoms with Crippen molar-refractivity contribution in [3.63, 3.8) is 0 Å². The molecule has 1 heterocycles. The molecule has 0 aliphatic carbocycles. The summed E-state index contributed by atoms with van der Waals surface area (Å²) in [5.74, 6) is -0.362. The van der Waals surface area contributed by atoms with Gasteiger partial charge in [-0.15, -0.1) is 0 Å². The average molecular weight is 386 g/mol. The first-order valence-corrected chi connectivity index (χ1v) is 9.09. The number of fused-ring (bicyclic) bond motifs is 1. The number of carbonyl (C=O) groups excluding carboxylic acids is 1. The number of anilines is 1. The van der Waals surface area contributed by atoms with E-state index in [2.05, 4.69) is 5.32 Å². The Hall–Kier alpha value is -2.86. The summed E-state index contributed by atoms with van der Waals surface area (Å²) in [6.07, 6.45) is 0.629. The number of benzene rings is 2. The molecule has 2 aromatic carbocycles. The van der Waals surface area contributed by atoms with Crippen molar-refractivity contribution in [2.24, 2.45) is 0 Å². The first kappa shape index (κ1) is 18.9. The maximum absolute atomic E-state index is 13.0. The van der Waals surface area contributed by atoms with Gasteiger partial charge < -0.3 is 5.32 Å². The average Bonchev–Trinajstić information content (AvgIpc) is 2.67. The highest BCUT2D eigenvalue weighted by Gasteiger charge is 2.17. The fourth-order valence-electron chi connectivity index (χ4n) is 2.94. The number of hydrogen-bond acceptors (Lipinski definition) is 3. The van der Waals surface area contributed by atoms with Gasteiger partial charge in [-0.2, -0.15) is 0 Å². The Bertz CT molecular complexity index is 1100. The lowest BCUT2D eigenvalue weighted by Gasteiger charge is -2.17. The molecule has 1 amide bonds. The maximum Gasteiger partial charge on any atom is 0.332 e. The predicted molar refractivity (Wildman–Crippen MR) is 108 cm³/mol. The molecule has 0 saturated heterocycles. The van der Waals surface area contributed by atoms with E-state index < -0.39 is 5.69 Å². The van der Waals surface area contributed by atoms with Gasteiger partial charge in [0.05, 0.1) is 10.9 Å². The second-order valence-corrected chi connectivity index (χ2v) is 6.81. The van der Waals surface area contributed by atoms with Gasteiger partial charge >= 0.3 is 5.69 Å². The van der Waals surface area contributed by atoms with E-state index in [9.17, 15) is 14.4 Å². The second-order valence-electron chi connectivity index (χ2n) is 6.37. The Labute approximate surface area is 161 Å². The van der Waals surface area contributed by atoms with Crippen molar-refractivity contribution in [1.29, 1.82) is 0 Å². The zero-order chi connectivity index (χ0) is 19.6. The van der Waals surface area contributed by atoms with Crippen LogP contribution in [0.2, 0.25) is 5.02 Å². The lowest BCUT2D eigenvalue weighted by atomic mass is 10.2. The summed E-state index contributed by atoms with van der Waals surface area (Å²) in [5.41, 5.74) is 0.203. The molecule has 7 heteroatoms. The Balaban J connectivity index is 2.05. The van der Waals surface area contributed by atoms with E-state index in [0.29, 0.717) is 28.0 Å². The fraction of sp³-hybridized carbons (Fsp3) is 0.250. The Morgan fingerprint density at radius 2 is 1.78 bits per heavy atom. The minimum absolute atomic E-state index is 0.196. The van der Waals surface area contributed by atoms with Gasteiger partial charge in [0.15, 0.2) is 0 Å². The zero-order valence-corrected chi connectivity index (χ0v) is 15.9. The van der Waals surface area contributed by atoms with E-state index in [-0.39, 0.29) is 24.1 Å². The van der Waals surface area contributed by atoms with Crippen LogP contribution in [0, 0.1) is 0 Å². The number of rotatable bonds is 5. The molecule has 6 nitrogen and oxygen atoms in total. The predicted octanol–water partition coefficient (Wildman–Crippen LogP) is 3.43. The van der Waals surface area contributed by atoms with Crippen LogP contribution < -0.4 is 16.6 Å². The first-order valence-electron chi connectivity index (χ1n) is 8.72. The van der Waals surface area contributed by atoms with Gasteiger partial charge in [0.2, 0.25) is 5.91 Å². The normalized spacial score (nSPS) is 12.1. The van der Waals surface area contributed by atoms with Gasteiger partial charge in [-0.25, -0.2) is 4.79 Å². The SMILES string of the molecule is CC[C@H](C)n1c(=O)c2ccccc2n(CC(=O)Nc2ccc(Cl)cc2)c1=O. The van der Waals surface area contributed by atoms with E-state index in [4.69, 9.17) is 11.6 Å². The van der Waals surface area contributed by atoms with Gasteiger partial charge in [0, 0.05) is 16.8 Å². The molecule has 0 radical (unpaired) electrons. The largest absolute Gasteiger partial charge is 0.332 e. The topological polar surface area (TPSA) is 73.1 Å². The van der Waals surface area contributed by atoms with E-state index in [1.165, 1.54) is 9.13 Å². The summed E-state index contributed by atoms with van der Waals surface area (Å²) < 4.78 is 2.56. The van der Waals surface area contributed by atoms with Crippen molar-refractivity contribution in [3.05, 3.63) is 74.4 Å². The van der Waals surface area contributed by atoms with Crippen molar-refractivity contribution in [2.45, 2.75) is 32.9 Å². The van der Waals surface area contributed by atoms with Crippen molar-refractivity contribution in [1.82, 2.24) is 9.13 Å². The minimum atomic E-state index is -0.487. The fourth-order valence-corrected chi connectivity index (χ4v) is 3.07. The van der Waals surface area contributed by atoms with Crippen LogP contribution in [0.1, 0.15) is 26.3 Å². The molecule has 3 rings (SSSR count). The lowest BCUT2D eigenvalue weighted by molar-refractivity contribution is -0.116. The number of halogens is 1. The summed E-state index contributed by atoms with van der Waals surface area (Å²) in [6, 6.07) is 13.3. The van der Waals surface area contributed by atoms with Crippen LogP contribution in [0.5, 0.6) is 0 Å². The first-order chi connectivity index (χ1) is 12.9. The maximum atomic E-state index is 13.0. The van der Waals surface area contributed by atoms with Crippen LogP contribution in [0.3, 0.4) is 0 Å². The number of carbonyl (C=O) groups is 1. The third-order valence-corrected chi connectivity index (χ3v) is 4.79. The summed E-state index contributed by atoms with van der Waals surface area (Å²) in [4.78, 5) is 38.2. The van der Waals surface area contributed by atoms with Crippen LogP contribution in [-0.2, 0) is 11.3 Å². The van der Waals surface area contributed by atoms with Crippen molar-refractivity contribution >= 4 is 34.1 Å². The van der Waals surface area contributed by atoms with Crippen LogP contribution in [0.4, 0.5) is 5.69 Å². The van der Waals surface area contributed by atoms with Crippen LogP contribution in [0.25, 0.3) is 10.9 Å². The highest BCUT2D eigenvalue weighted by molar-refractivity contribution is 6.30. The van der Waals surface area contributed by atoms with E-state index in [1.807, 2.05) is 13.8 Å².